The van der Waals surface area contributed by atoms with Crippen LogP contribution in [0, 0.1) is 0 Å². The lowest BCUT2D eigenvalue weighted by molar-refractivity contribution is -0.121. The monoisotopic (exact) mass is 307 g/mol. The molecule has 0 heterocycles. The molecule has 0 aromatic heterocycles. The van der Waals surface area contributed by atoms with Gasteiger partial charge in [0.2, 0.25) is 11.8 Å². The van der Waals surface area contributed by atoms with E-state index in [2.05, 4.69) is 15.8 Å². The number of hydrazone groups is 1. The summed E-state index contributed by atoms with van der Waals surface area (Å²) in [4.78, 5) is 22.5. The van der Waals surface area contributed by atoms with Gasteiger partial charge in [-0.05, 0) is 13.3 Å². The summed E-state index contributed by atoms with van der Waals surface area (Å²) in [6, 6.07) is 0. The van der Waals surface area contributed by atoms with Gasteiger partial charge >= 0.3 is 0 Å². The van der Waals surface area contributed by atoms with E-state index in [4.69, 9.17) is 1.37 Å². The quantitative estimate of drug-likeness (QED) is 0.266. The Balaban J connectivity index is 3.27. The van der Waals surface area contributed by atoms with Crippen LogP contribution in [0.5, 0.6) is 0 Å². The zero-order chi connectivity index (χ0) is 15.1. The van der Waals surface area contributed by atoms with E-state index in [1.165, 1.54) is 6.21 Å². The second-order valence-electron chi connectivity index (χ2n) is 3.62. The van der Waals surface area contributed by atoms with Crippen LogP contribution in [0.15, 0.2) is 5.10 Å². The van der Waals surface area contributed by atoms with Gasteiger partial charge in [0.05, 0.1) is 0 Å². The minimum atomic E-state index is -0.0844. The summed E-state index contributed by atoms with van der Waals surface area (Å²) < 4.78 is 6.97. The molecular weight excluding hydrogens is 282 g/mol. The number of rotatable bonds is 11. The molecule has 0 aromatic carbocycles. The van der Waals surface area contributed by atoms with E-state index in [-0.39, 0.29) is 11.8 Å². The number of unbranched alkanes of at least 4 members (excludes halogenated alkanes) is 1. The molecule has 0 saturated carbocycles. The van der Waals surface area contributed by atoms with E-state index < -0.39 is 0 Å². The van der Waals surface area contributed by atoms with Crippen LogP contribution in [0.3, 0.4) is 0 Å². The highest BCUT2D eigenvalue weighted by Crippen LogP contribution is 2.20. The van der Waals surface area contributed by atoms with Crippen LogP contribution in [0.1, 0.15) is 40.9 Å². The van der Waals surface area contributed by atoms with Gasteiger partial charge in [0.1, 0.15) is 0 Å². The second kappa shape index (κ2) is 13.7. The van der Waals surface area contributed by atoms with E-state index in [1.807, 2.05) is 0 Å². The standard InChI is InChI=1S/C12H23N3O2S2/c1-3-5-6-11(16)13-8-10-19-18-9-7-12(17)15-14-4-2/h4H,3,5-10H2,1-2H3,(H,13,16)(H,15,17)/b14-4+/i1T. The molecule has 0 spiro atoms. The third-order valence-electron chi connectivity index (χ3n) is 1.98. The highest BCUT2D eigenvalue weighted by molar-refractivity contribution is 8.76. The van der Waals surface area contributed by atoms with Gasteiger partial charge in [0.15, 0.2) is 0 Å². The largest absolute Gasteiger partial charge is 0.355 e. The summed E-state index contributed by atoms with van der Waals surface area (Å²) in [5.74, 6) is 1.52. The maximum absolute atomic E-state index is 11.3. The highest BCUT2D eigenvalue weighted by atomic mass is 33.1. The number of amides is 2. The minimum absolute atomic E-state index is 0.0563. The molecule has 0 unspecified atom stereocenters. The van der Waals surface area contributed by atoms with Crippen molar-refractivity contribution in [2.75, 3.05) is 18.1 Å². The Labute approximate surface area is 124 Å². The Bertz CT molecular complexity index is 304. The predicted molar refractivity (Wildman–Crippen MR) is 84.4 cm³/mol. The molecule has 0 aliphatic heterocycles. The Morgan fingerprint density at radius 1 is 1.26 bits per heavy atom. The molecule has 0 saturated heterocycles. The third-order valence-corrected chi connectivity index (χ3v) is 4.38. The van der Waals surface area contributed by atoms with Crippen molar-refractivity contribution in [3.63, 3.8) is 0 Å². The second-order valence-corrected chi connectivity index (χ2v) is 6.33. The average Bonchev–Trinajstić information content (AvgIpc) is 2.44. The van der Waals surface area contributed by atoms with Gasteiger partial charge in [-0.1, -0.05) is 34.9 Å². The lowest BCUT2D eigenvalue weighted by Crippen LogP contribution is -2.25. The summed E-state index contributed by atoms with van der Waals surface area (Å²) in [6.45, 7) is 2.77. The van der Waals surface area contributed by atoms with Crippen LogP contribution in [0.25, 0.3) is 0 Å². The number of hydrogen-bond acceptors (Lipinski definition) is 5. The number of hydrogen-bond donors (Lipinski definition) is 2. The van der Waals surface area contributed by atoms with E-state index in [1.54, 1.807) is 28.5 Å². The highest BCUT2D eigenvalue weighted by Gasteiger charge is 2.01. The Morgan fingerprint density at radius 3 is 2.79 bits per heavy atom. The first-order chi connectivity index (χ1) is 9.70. The summed E-state index contributed by atoms with van der Waals surface area (Å²) in [5, 5.41) is 6.49. The zero-order valence-electron chi connectivity index (χ0n) is 12.3. The molecule has 19 heavy (non-hydrogen) atoms. The Morgan fingerprint density at radius 2 is 2.05 bits per heavy atom. The molecule has 0 radical (unpaired) electrons. The number of nitrogens with zero attached hydrogens (tertiary/aromatic N) is 1. The zero-order valence-corrected chi connectivity index (χ0v) is 12.9. The third kappa shape index (κ3) is 13.5. The van der Waals surface area contributed by atoms with Gasteiger partial charge in [-0.15, -0.1) is 0 Å². The van der Waals surface area contributed by atoms with Crippen molar-refractivity contribution in [3.05, 3.63) is 0 Å². The van der Waals surface area contributed by atoms with Crippen molar-refractivity contribution in [1.29, 1.82) is 0 Å². The van der Waals surface area contributed by atoms with Crippen molar-refractivity contribution in [2.24, 2.45) is 5.10 Å². The molecule has 0 aromatic rings. The first-order valence-electron chi connectivity index (χ1n) is 6.98. The van der Waals surface area contributed by atoms with Gasteiger partial charge in [0, 0.05) is 38.5 Å². The lowest BCUT2D eigenvalue weighted by atomic mass is 10.2. The molecule has 0 bridgehead atoms. The Hall–Kier alpha value is -0.690. The van der Waals surface area contributed by atoms with Crippen LogP contribution >= 0.6 is 21.6 Å². The fourth-order valence-corrected chi connectivity index (χ4v) is 2.95. The van der Waals surface area contributed by atoms with Gasteiger partial charge in [-0.2, -0.15) is 5.10 Å². The van der Waals surface area contributed by atoms with Gasteiger partial charge in [0.25, 0.3) is 0 Å². The molecule has 110 valence electrons. The molecule has 0 fully saturated rings. The molecule has 7 heteroatoms. The normalized spacial score (nSPS) is 11.3. The van der Waals surface area contributed by atoms with Crippen molar-refractivity contribution in [1.82, 2.24) is 10.7 Å². The number of carbonyl (C=O) groups is 2. The van der Waals surface area contributed by atoms with Gasteiger partial charge in [-0.3, -0.25) is 9.59 Å². The average molecular weight is 307 g/mol. The molecule has 2 amide bonds. The van der Waals surface area contributed by atoms with Crippen LogP contribution in [0.4, 0.5) is 0 Å². The molecule has 0 rings (SSSR count). The maximum atomic E-state index is 11.3. The lowest BCUT2D eigenvalue weighted by Gasteiger charge is -2.04. The first kappa shape index (κ1) is 16.4. The SMILES string of the molecule is [3H]CCCCC(=O)NCCSSCCC(=O)N/N=C/C. The molecule has 0 atom stereocenters. The summed E-state index contributed by atoms with van der Waals surface area (Å²) >= 11 is 0. The van der Waals surface area contributed by atoms with Gasteiger partial charge in [-0.25, -0.2) is 5.43 Å². The molecule has 0 aliphatic rings. The van der Waals surface area contributed by atoms with Crippen molar-refractivity contribution < 1.29 is 11.0 Å². The van der Waals surface area contributed by atoms with E-state index in [0.717, 1.165) is 24.3 Å². The Kier molecular flexibility index (Phi) is 11.8. The van der Waals surface area contributed by atoms with Crippen LogP contribution < -0.4 is 10.7 Å². The summed E-state index contributed by atoms with van der Waals surface area (Å²) in [5.41, 5.74) is 2.41. The smallest absolute Gasteiger partial charge is 0.240 e. The maximum Gasteiger partial charge on any atom is 0.240 e. The van der Waals surface area contributed by atoms with Crippen LogP contribution in [-0.4, -0.2) is 36.1 Å². The predicted octanol–water partition coefficient (Wildman–Crippen LogP) is 2.19. The first-order valence-corrected chi connectivity index (χ1v) is 8.76. The number of carbonyl (C=O) groups excluding carboxylic acids is 2. The summed E-state index contributed by atoms with van der Waals surface area (Å²) in [7, 11) is 3.26. The van der Waals surface area contributed by atoms with Crippen LogP contribution in [0.2, 0.25) is 0 Å². The van der Waals surface area contributed by atoms with Crippen molar-refractivity contribution >= 4 is 39.6 Å². The molecular formula is C12H23N3O2S2. The van der Waals surface area contributed by atoms with E-state index in [0.29, 0.717) is 26.3 Å². The molecule has 5 nitrogen and oxygen atoms in total. The van der Waals surface area contributed by atoms with Crippen LogP contribution in [-0.2, 0) is 9.59 Å². The number of nitrogens with one attached hydrogen (secondary N) is 2. The molecule has 0 aliphatic carbocycles. The van der Waals surface area contributed by atoms with Gasteiger partial charge < -0.3 is 5.32 Å². The van der Waals surface area contributed by atoms with E-state index in [9.17, 15) is 9.59 Å². The molecule has 2 N–H and O–H groups in total. The fourth-order valence-electron chi connectivity index (χ4n) is 1.05. The topological polar surface area (TPSA) is 70.6 Å². The van der Waals surface area contributed by atoms with E-state index >= 15 is 0 Å². The minimum Gasteiger partial charge on any atom is -0.355 e. The van der Waals surface area contributed by atoms with Crippen molar-refractivity contribution in [2.45, 2.75) is 39.5 Å². The summed E-state index contributed by atoms with van der Waals surface area (Å²) in [6.07, 6.45) is 4.05. The fraction of sp³-hybridized carbons (Fsp3) is 0.750. The van der Waals surface area contributed by atoms with Crippen molar-refractivity contribution in [3.8, 4) is 0 Å².